The maximum Gasteiger partial charge on any atom is 0.240 e. The monoisotopic (exact) mass is 473 g/mol. The number of nitrogens with one attached hydrogen (secondary N) is 1. The third-order valence-corrected chi connectivity index (χ3v) is 7.38. The summed E-state index contributed by atoms with van der Waals surface area (Å²) in [4.78, 5) is 4.60. The second-order valence-electron chi connectivity index (χ2n) is 8.01. The number of sulfonamides is 1. The van der Waals surface area contributed by atoms with Crippen molar-refractivity contribution in [3.05, 3.63) is 78.0 Å². The van der Waals surface area contributed by atoms with Crippen LogP contribution < -0.4 is 14.4 Å². The Morgan fingerprint density at radius 2 is 1.82 bits per heavy atom. The van der Waals surface area contributed by atoms with Crippen molar-refractivity contribution in [1.82, 2.24) is 9.62 Å². The summed E-state index contributed by atoms with van der Waals surface area (Å²) >= 11 is 0. The standard InChI is InChI=1S/C24H28FN3O4S/c1-18-16-21(9-10-23(18)31-2)33(29,30)26-17-22(24-4-3-15-32-24)28-13-11-27(12-14-28)20-7-5-19(25)6-8-20/h3-10,15-16,22,26H,11-14,17H2,1-2H3. The van der Waals surface area contributed by atoms with Crippen molar-refractivity contribution in [3.8, 4) is 5.75 Å². The average molecular weight is 474 g/mol. The Hall–Kier alpha value is -2.88. The van der Waals surface area contributed by atoms with E-state index in [1.165, 1.54) is 18.2 Å². The second kappa shape index (κ2) is 9.94. The Labute approximate surface area is 193 Å². The fourth-order valence-corrected chi connectivity index (χ4v) is 5.25. The van der Waals surface area contributed by atoms with Crippen LogP contribution in [0.4, 0.5) is 10.1 Å². The van der Waals surface area contributed by atoms with Crippen molar-refractivity contribution in [2.24, 2.45) is 0 Å². The van der Waals surface area contributed by atoms with Crippen LogP contribution in [-0.2, 0) is 10.0 Å². The number of anilines is 1. The first-order valence-electron chi connectivity index (χ1n) is 10.8. The van der Waals surface area contributed by atoms with E-state index in [2.05, 4.69) is 14.5 Å². The molecule has 9 heteroatoms. The fraction of sp³-hybridized carbons (Fsp3) is 0.333. The molecule has 1 fully saturated rings. The molecule has 0 amide bonds. The van der Waals surface area contributed by atoms with E-state index < -0.39 is 10.0 Å². The van der Waals surface area contributed by atoms with Gasteiger partial charge in [0.2, 0.25) is 10.0 Å². The molecule has 2 heterocycles. The first-order valence-corrected chi connectivity index (χ1v) is 12.3. The molecule has 1 N–H and O–H groups in total. The van der Waals surface area contributed by atoms with E-state index in [4.69, 9.17) is 9.15 Å². The Kier molecular flexibility index (Phi) is 7.02. The molecule has 4 rings (SSSR count). The van der Waals surface area contributed by atoms with Crippen molar-refractivity contribution < 1.29 is 22.0 Å². The molecule has 1 aromatic heterocycles. The normalized spacial score (nSPS) is 16.0. The molecule has 3 aromatic rings. The molecule has 1 aliphatic rings. The average Bonchev–Trinajstić information content (AvgIpc) is 3.35. The first kappa shape index (κ1) is 23.3. The quantitative estimate of drug-likeness (QED) is 0.539. The van der Waals surface area contributed by atoms with Crippen LogP contribution in [0.25, 0.3) is 0 Å². The molecule has 1 unspecified atom stereocenters. The van der Waals surface area contributed by atoms with Gasteiger partial charge in [-0.05, 0) is 67.1 Å². The number of piperazine rings is 1. The zero-order chi connectivity index (χ0) is 23.4. The van der Waals surface area contributed by atoms with Crippen molar-refractivity contribution in [2.75, 3.05) is 44.7 Å². The van der Waals surface area contributed by atoms with E-state index in [9.17, 15) is 12.8 Å². The molecule has 0 aliphatic carbocycles. The molecule has 33 heavy (non-hydrogen) atoms. The lowest BCUT2D eigenvalue weighted by Gasteiger charge is -2.39. The van der Waals surface area contributed by atoms with Gasteiger partial charge < -0.3 is 14.1 Å². The molecule has 0 saturated carbocycles. The first-order chi connectivity index (χ1) is 15.9. The number of aryl methyl sites for hydroxylation is 1. The van der Waals surface area contributed by atoms with E-state index >= 15 is 0 Å². The highest BCUT2D eigenvalue weighted by Gasteiger charge is 2.29. The number of hydrogen-bond acceptors (Lipinski definition) is 6. The molecule has 2 aromatic carbocycles. The predicted octanol–water partition coefficient (Wildman–Crippen LogP) is 3.58. The van der Waals surface area contributed by atoms with Gasteiger partial charge in [-0.1, -0.05) is 0 Å². The van der Waals surface area contributed by atoms with Crippen LogP contribution in [0.2, 0.25) is 0 Å². The lowest BCUT2D eigenvalue weighted by Crippen LogP contribution is -2.49. The summed E-state index contributed by atoms with van der Waals surface area (Å²) in [5, 5.41) is 0. The lowest BCUT2D eigenvalue weighted by atomic mass is 10.1. The Bertz CT molecular complexity index is 1160. The van der Waals surface area contributed by atoms with E-state index in [1.807, 2.05) is 13.0 Å². The van der Waals surface area contributed by atoms with Crippen LogP contribution in [0.15, 0.2) is 70.2 Å². The van der Waals surface area contributed by atoms with E-state index in [0.29, 0.717) is 24.6 Å². The number of furan rings is 1. The van der Waals surface area contributed by atoms with Gasteiger partial charge in [0.1, 0.15) is 17.3 Å². The molecule has 0 bridgehead atoms. The number of nitrogens with zero attached hydrogens (tertiary/aromatic N) is 2. The molecule has 1 atom stereocenters. The van der Waals surface area contributed by atoms with Crippen LogP contribution >= 0.6 is 0 Å². The number of rotatable bonds is 8. The van der Waals surface area contributed by atoms with Gasteiger partial charge in [0.15, 0.2) is 0 Å². The molecule has 7 nitrogen and oxygen atoms in total. The molecule has 0 spiro atoms. The third-order valence-electron chi connectivity index (χ3n) is 5.96. The van der Waals surface area contributed by atoms with Crippen LogP contribution in [0, 0.1) is 12.7 Å². The topological polar surface area (TPSA) is 75.0 Å². The molecular formula is C24H28FN3O4S. The van der Waals surface area contributed by atoms with E-state index in [1.54, 1.807) is 43.7 Å². The number of ether oxygens (including phenoxy) is 1. The number of methoxy groups -OCH3 is 1. The van der Waals surface area contributed by atoms with Gasteiger partial charge in [0, 0.05) is 38.4 Å². The van der Waals surface area contributed by atoms with Crippen molar-refractivity contribution >= 4 is 15.7 Å². The highest BCUT2D eigenvalue weighted by Crippen LogP contribution is 2.26. The minimum absolute atomic E-state index is 0.178. The Morgan fingerprint density at radius 1 is 1.09 bits per heavy atom. The van der Waals surface area contributed by atoms with Crippen LogP contribution in [0.3, 0.4) is 0 Å². The summed E-state index contributed by atoms with van der Waals surface area (Å²) in [6, 6.07) is 14.7. The molecule has 0 radical (unpaired) electrons. The highest BCUT2D eigenvalue weighted by molar-refractivity contribution is 7.89. The van der Waals surface area contributed by atoms with Gasteiger partial charge in [-0.2, -0.15) is 0 Å². The summed E-state index contributed by atoms with van der Waals surface area (Å²) in [7, 11) is -2.16. The zero-order valence-electron chi connectivity index (χ0n) is 18.7. The summed E-state index contributed by atoms with van der Waals surface area (Å²) in [6.07, 6.45) is 1.60. The minimum atomic E-state index is -3.71. The predicted molar refractivity (Wildman–Crippen MR) is 125 cm³/mol. The summed E-state index contributed by atoms with van der Waals surface area (Å²) in [6.45, 7) is 4.90. The summed E-state index contributed by atoms with van der Waals surface area (Å²) in [5.41, 5.74) is 1.72. The van der Waals surface area contributed by atoms with Crippen LogP contribution in [0.5, 0.6) is 5.75 Å². The highest BCUT2D eigenvalue weighted by atomic mass is 32.2. The van der Waals surface area contributed by atoms with Crippen LogP contribution in [-0.4, -0.2) is 53.2 Å². The zero-order valence-corrected chi connectivity index (χ0v) is 19.5. The van der Waals surface area contributed by atoms with E-state index in [0.717, 1.165) is 24.3 Å². The van der Waals surface area contributed by atoms with Crippen molar-refractivity contribution in [3.63, 3.8) is 0 Å². The van der Waals surface area contributed by atoms with Gasteiger partial charge in [0.25, 0.3) is 0 Å². The van der Waals surface area contributed by atoms with Crippen molar-refractivity contribution in [2.45, 2.75) is 17.9 Å². The number of benzene rings is 2. The van der Waals surface area contributed by atoms with Crippen molar-refractivity contribution in [1.29, 1.82) is 0 Å². The lowest BCUT2D eigenvalue weighted by molar-refractivity contribution is 0.166. The maximum absolute atomic E-state index is 13.2. The number of halogens is 1. The van der Waals surface area contributed by atoms with E-state index in [-0.39, 0.29) is 23.3 Å². The number of hydrogen-bond donors (Lipinski definition) is 1. The fourth-order valence-electron chi connectivity index (χ4n) is 4.12. The van der Waals surface area contributed by atoms with Gasteiger partial charge in [-0.25, -0.2) is 17.5 Å². The maximum atomic E-state index is 13.2. The minimum Gasteiger partial charge on any atom is -0.496 e. The SMILES string of the molecule is COc1ccc(S(=O)(=O)NCC(c2ccco2)N2CCN(c3ccc(F)cc3)CC2)cc1C. The largest absolute Gasteiger partial charge is 0.496 e. The Morgan fingerprint density at radius 3 is 2.42 bits per heavy atom. The molecule has 1 aliphatic heterocycles. The van der Waals surface area contributed by atoms with Gasteiger partial charge >= 0.3 is 0 Å². The third kappa shape index (κ3) is 5.38. The van der Waals surface area contributed by atoms with Gasteiger partial charge in [-0.3, -0.25) is 4.90 Å². The smallest absolute Gasteiger partial charge is 0.240 e. The van der Waals surface area contributed by atoms with Crippen LogP contribution in [0.1, 0.15) is 17.4 Å². The molecule has 176 valence electrons. The van der Waals surface area contributed by atoms with Gasteiger partial charge in [0.05, 0.1) is 24.3 Å². The Balaban J connectivity index is 1.45. The molecule has 1 saturated heterocycles. The van der Waals surface area contributed by atoms with Gasteiger partial charge in [-0.15, -0.1) is 0 Å². The summed E-state index contributed by atoms with van der Waals surface area (Å²) < 4.78 is 52.8. The summed E-state index contributed by atoms with van der Waals surface area (Å²) in [5.74, 6) is 1.09. The molecular weight excluding hydrogens is 445 g/mol. The second-order valence-corrected chi connectivity index (χ2v) is 9.78.